The fraction of sp³-hybridized carbons (Fsp3) is 0.267. The summed E-state index contributed by atoms with van der Waals surface area (Å²) < 4.78 is 0. The standard InChI is InChI=1S/C30H30O10/c1-9(2)15-21-19(13(7-31)25(35)29(15)39)27(37)17(11(5)23(21)33)18-12(6)24(34)22-16(10(3)4)30(40)26(36)14(8-32)20(22)28(18)38/h7-10,33-40H,1-6H3. The summed E-state index contributed by atoms with van der Waals surface area (Å²) in [5, 5.41) is 87.7. The molecule has 0 fully saturated rings. The molecule has 4 aromatic rings. The summed E-state index contributed by atoms with van der Waals surface area (Å²) in [5.74, 6) is -6.16. The minimum Gasteiger partial charge on any atom is -0.507 e. The molecule has 0 radical (unpaired) electrons. The van der Waals surface area contributed by atoms with Gasteiger partial charge in [0.1, 0.15) is 23.0 Å². The van der Waals surface area contributed by atoms with Gasteiger partial charge < -0.3 is 40.9 Å². The number of hydrogen-bond acceptors (Lipinski definition) is 10. The first-order valence-electron chi connectivity index (χ1n) is 12.5. The SMILES string of the molecule is Cc1c(-c2c(C)c(O)c3c(C(C)C)c(O)c(O)c(C=O)c3c2O)c(O)c2c(C=O)c(O)c(O)c(C(C)C)c2c1O. The Balaban J connectivity index is 2.37. The van der Waals surface area contributed by atoms with E-state index in [2.05, 4.69) is 0 Å². The first kappa shape index (κ1) is 28.2. The molecule has 4 rings (SSSR count). The number of rotatable bonds is 5. The highest BCUT2D eigenvalue weighted by atomic mass is 16.3. The number of hydrogen-bond donors (Lipinski definition) is 8. The summed E-state index contributed by atoms with van der Waals surface area (Å²) >= 11 is 0. The molecule has 10 heteroatoms. The highest BCUT2D eigenvalue weighted by molar-refractivity contribution is 6.17. The van der Waals surface area contributed by atoms with E-state index in [1.165, 1.54) is 13.8 Å². The number of phenols is 8. The lowest BCUT2D eigenvalue weighted by molar-refractivity contribution is 0.111. The van der Waals surface area contributed by atoms with Gasteiger partial charge in [-0.05, 0) is 25.7 Å². The summed E-state index contributed by atoms with van der Waals surface area (Å²) in [6, 6.07) is 0. The molecule has 0 saturated carbocycles. The second-order valence-electron chi connectivity index (χ2n) is 10.5. The van der Waals surface area contributed by atoms with Crippen molar-refractivity contribution in [2.24, 2.45) is 0 Å². The Hall–Kier alpha value is -4.86. The van der Waals surface area contributed by atoms with Gasteiger partial charge in [0, 0.05) is 54.9 Å². The molecule has 0 amide bonds. The number of benzene rings is 4. The summed E-state index contributed by atoms with van der Waals surface area (Å²) in [6.45, 7) is 9.46. The zero-order chi connectivity index (χ0) is 30.1. The number of fused-ring (bicyclic) bond motifs is 2. The van der Waals surface area contributed by atoms with E-state index in [1.54, 1.807) is 27.7 Å². The Morgan fingerprint density at radius 3 is 1.00 bits per heavy atom. The predicted molar refractivity (Wildman–Crippen MR) is 149 cm³/mol. The van der Waals surface area contributed by atoms with Crippen LogP contribution in [0.25, 0.3) is 32.7 Å². The van der Waals surface area contributed by atoms with Crippen LogP contribution in [-0.2, 0) is 0 Å². The predicted octanol–water partition coefficient (Wildman–Crippen LogP) is 5.79. The molecule has 0 heterocycles. The molecule has 0 aliphatic rings. The largest absolute Gasteiger partial charge is 0.507 e. The molecule has 0 saturated heterocycles. The number of phenolic OH excluding ortho intramolecular Hbond substituents is 8. The molecular weight excluding hydrogens is 520 g/mol. The molecule has 210 valence electrons. The van der Waals surface area contributed by atoms with Gasteiger partial charge in [0.25, 0.3) is 0 Å². The third kappa shape index (κ3) is 3.48. The fourth-order valence-electron chi connectivity index (χ4n) is 5.69. The highest BCUT2D eigenvalue weighted by Gasteiger charge is 2.33. The highest BCUT2D eigenvalue weighted by Crippen LogP contribution is 2.58. The maximum atomic E-state index is 12.0. The second-order valence-corrected chi connectivity index (χ2v) is 10.5. The molecule has 10 nitrogen and oxygen atoms in total. The van der Waals surface area contributed by atoms with Crippen molar-refractivity contribution in [1.29, 1.82) is 0 Å². The zero-order valence-electron chi connectivity index (χ0n) is 22.7. The topological polar surface area (TPSA) is 196 Å². The van der Waals surface area contributed by atoms with Crippen LogP contribution >= 0.6 is 0 Å². The van der Waals surface area contributed by atoms with Crippen molar-refractivity contribution in [3.05, 3.63) is 33.4 Å². The lowest BCUT2D eigenvalue weighted by Crippen LogP contribution is -2.02. The number of carbonyl (C=O) groups is 2. The molecular formula is C30H30O10. The van der Waals surface area contributed by atoms with E-state index in [-0.39, 0.29) is 67.5 Å². The first-order chi connectivity index (χ1) is 18.6. The number of carbonyl (C=O) groups excluding carboxylic acids is 2. The van der Waals surface area contributed by atoms with Gasteiger partial charge in [-0.2, -0.15) is 0 Å². The van der Waals surface area contributed by atoms with Gasteiger partial charge in [0.15, 0.2) is 35.6 Å². The monoisotopic (exact) mass is 550 g/mol. The van der Waals surface area contributed by atoms with Crippen LogP contribution in [0, 0.1) is 13.8 Å². The van der Waals surface area contributed by atoms with Crippen LogP contribution in [0.2, 0.25) is 0 Å². The van der Waals surface area contributed by atoms with Crippen molar-refractivity contribution >= 4 is 34.1 Å². The molecule has 4 aromatic carbocycles. The van der Waals surface area contributed by atoms with Crippen LogP contribution in [0.4, 0.5) is 0 Å². The lowest BCUT2D eigenvalue weighted by Gasteiger charge is -2.24. The minimum absolute atomic E-state index is 0.0225. The third-order valence-electron chi connectivity index (χ3n) is 7.57. The molecule has 0 aliphatic heterocycles. The Bertz CT molecular complexity index is 1650. The third-order valence-corrected chi connectivity index (χ3v) is 7.57. The van der Waals surface area contributed by atoms with Crippen LogP contribution in [0.15, 0.2) is 0 Å². The smallest absolute Gasteiger partial charge is 0.169 e. The lowest BCUT2D eigenvalue weighted by atomic mass is 9.82. The quantitative estimate of drug-likeness (QED) is 0.0855. The maximum absolute atomic E-state index is 12.0. The van der Waals surface area contributed by atoms with Crippen LogP contribution < -0.4 is 0 Å². The zero-order valence-corrected chi connectivity index (χ0v) is 22.7. The van der Waals surface area contributed by atoms with Gasteiger partial charge in [-0.3, -0.25) is 9.59 Å². The fourth-order valence-corrected chi connectivity index (χ4v) is 5.69. The van der Waals surface area contributed by atoms with Crippen molar-refractivity contribution < 1.29 is 50.4 Å². The van der Waals surface area contributed by atoms with Crippen molar-refractivity contribution in [2.75, 3.05) is 0 Å². The molecule has 0 atom stereocenters. The van der Waals surface area contributed by atoms with E-state index >= 15 is 0 Å². The summed E-state index contributed by atoms with van der Waals surface area (Å²) in [7, 11) is 0. The molecule has 0 aromatic heterocycles. The summed E-state index contributed by atoms with van der Waals surface area (Å²) in [4.78, 5) is 24.1. The maximum Gasteiger partial charge on any atom is 0.169 e. The van der Waals surface area contributed by atoms with Crippen molar-refractivity contribution in [2.45, 2.75) is 53.4 Å². The first-order valence-corrected chi connectivity index (χ1v) is 12.5. The molecule has 40 heavy (non-hydrogen) atoms. The van der Waals surface area contributed by atoms with Crippen LogP contribution in [0.3, 0.4) is 0 Å². The van der Waals surface area contributed by atoms with Gasteiger partial charge in [0.05, 0.1) is 11.1 Å². The van der Waals surface area contributed by atoms with Gasteiger partial charge in [-0.1, -0.05) is 27.7 Å². The molecule has 0 aliphatic carbocycles. The normalized spacial score (nSPS) is 11.7. The summed E-state index contributed by atoms with van der Waals surface area (Å²) in [6.07, 6.45) is 0.398. The van der Waals surface area contributed by atoms with E-state index in [0.717, 1.165) is 0 Å². The van der Waals surface area contributed by atoms with E-state index in [0.29, 0.717) is 0 Å². The Kier molecular flexibility index (Phi) is 6.62. The average molecular weight is 551 g/mol. The van der Waals surface area contributed by atoms with E-state index in [4.69, 9.17) is 0 Å². The molecule has 8 N–H and O–H groups in total. The Morgan fingerprint density at radius 1 is 0.450 bits per heavy atom. The van der Waals surface area contributed by atoms with Crippen molar-refractivity contribution in [3.63, 3.8) is 0 Å². The summed E-state index contributed by atoms with van der Waals surface area (Å²) in [5.41, 5.74) is -1.44. The minimum atomic E-state index is -0.816. The van der Waals surface area contributed by atoms with Crippen molar-refractivity contribution in [3.8, 4) is 57.1 Å². The van der Waals surface area contributed by atoms with E-state index in [9.17, 15) is 50.4 Å². The second kappa shape index (κ2) is 9.41. The van der Waals surface area contributed by atoms with Crippen LogP contribution in [0.5, 0.6) is 46.0 Å². The Morgan fingerprint density at radius 2 is 0.750 bits per heavy atom. The van der Waals surface area contributed by atoms with Crippen LogP contribution in [-0.4, -0.2) is 53.4 Å². The van der Waals surface area contributed by atoms with E-state index < -0.39 is 69.0 Å². The Labute approximate surface area is 228 Å². The van der Waals surface area contributed by atoms with Crippen LogP contribution in [0.1, 0.15) is 82.5 Å². The van der Waals surface area contributed by atoms with E-state index in [1.807, 2.05) is 0 Å². The molecule has 0 unspecified atom stereocenters. The van der Waals surface area contributed by atoms with Gasteiger partial charge in [-0.25, -0.2) is 0 Å². The number of aromatic hydroxyl groups is 8. The molecule has 0 bridgehead atoms. The van der Waals surface area contributed by atoms with Gasteiger partial charge >= 0.3 is 0 Å². The number of aldehydes is 2. The van der Waals surface area contributed by atoms with Gasteiger partial charge in [0.2, 0.25) is 0 Å². The molecule has 0 spiro atoms. The average Bonchev–Trinajstić information content (AvgIpc) is 2.89. The van der Waals surface area contributed by atoms with Crippen molar-refractivity contribution in [1.82, 2.24) is 0 Å². The van der Waals surface area contributed by atoms with Gasteiger partial charge in [-0.15, -0.1) is 0 Å².